The molecule has 2 rings (SSSR count). The van der Waals surface area contributed by atoms with E-state index in [0.717, 1.165) is 16.8 Å². The number of rotatable bonds is 4. The molecule has 20 heavy (non-hydrogen) atoms. The number of nitriles is 1. The van der Waals surface area contributed by atoms with Crippen LogP contribution in [-0.4, -0.2) is 11.1 Å². The Bertz CT molecular complexity index is 670. The van der Waals surface area contributed by atoms with Crippen molar-refractivity contribution in [3.63, 3.8) is 0 Å². The summed E-state index contributed by atoms with van der Waals surface area (Å²) >= 11 is 0. The van der Waals surface area contributed by atoms with Crippen LogP contribution in [0, 0.1) is 18.3 Å². The summed E-state index contributed by atoms with van der Waals surface area (Å²) in [4.78, 5) is 11.2. The zero-order valence-corrected chi connectivity index (χ0v) is 11.1. The van der Waals surface area contributed by atoms with Gasteiger partial charge in [-0.25, -0.2) is 4.79 Å². The third-order valence-electron chi connectivity index (χ3n) is 2.92. The van der Waals surface area contributed by atoms with E-state index in [1.807, 2.05) is 37.3 Å². The Morgan fingerprint density at radius 3 is 2.55 bits per heavy atom. The van der Waals surface area contributed by atoms with Crippen molar-refractivity contribution in [3.8, 4) is 6.07 Å². The van der Waals surface area contributed by atoms with Gasteiger partial charge in [0.1, 0.15) is 0 Å². The molecule has 2 aromatic rings. The largest absolute Gasteiger partial charge is 0.478 e. The van der Waals surface area contributed by atoms with Crippen molar-refractivity contribution in [3.05, 3.63) is 59.2 Å². The zero-order chi connectivity index (χ0) is 14.5. The average Bonchev–Trinajstić information content (AvgIpc) is 2.43. The second-order valence-corrected chi connectivity index (χ2v) is 4.51. The summed E-state index contributed by atoms with van der Waals surface area (Å²) in [6, 6.07) is 14.7. The number of aryl methyl sites for hydroxylation is 1. The van der Waals surface area contributed by atoms with E-state index >= 15 is 0 Å². The van der Waals surface area contributed by atoms with Crippen LogP contribution >= 0.6 is 0 Å². The molecule has 0 spiro atoms. The van der Waals surface area contributed by atoms with Gasteiger partial charge in [-0.15, -0.1) is 0 Å². The lowest BCUT2D eigenvalue weighted by atomic mass is 10.1. The Hall–Kier alpha value is -2.80. The summed E-state index contributed by atoms with van der Waals surface area (Å²) in [7, 11) is 0. The summed E-state index contributed by atoms with van der Waals surface area (Å²) in [5.41, 5.74) is 3.41. The summed E-state index contributed by atoms with van der Waals surface area (Å²) in [6.45, 7) is 1.85. The molecule has 0 radical (unpaired) electrons. The molecule has 4 heteroatoms. The Morgan fingerprint density at radius 2 is 1.95 bits per heavy atom. The van der Waals surface area contributed by atoms with E-state index in [9.17, 15) is 9.90 Å². The van der Waals surface area contributed by atoms with E-state index in [2.05, 4.69) is 11.4 Å². The number of hydrogen-bond acceptors (Lipinski definition) is 3. The first-order valence-electron chi connectivity index (χ1n) is 6.17. The van der Waals surface area contributed by atoms with Crippen LogP contribution in [0.1, 0.15) is 21.5 Å². The number of carbonyl (C=O) groups is 1. The molecule has 0 bridgehead atoms. The van der Waals surface area contributed by atoms with Gasteiger partial charge in [0, 0.05) is 5.69 Å². The third-order valence-corrected chi connectivity index (χ3v) is 2.92. The van der Waals surface area contributed by atoms with Gasteiger partial charge >= 0.3 is 5.97 Å². The summed E-state index contributed by atoms with van der Waals surface area (Å²) < 4.78 is 0. The van der Waals surface area contributed by atoms with Gasteiger partial charge in [-0.2, -0.15) is 5.26 Å². The van der Waals surface area contributed by atoms with Gasteiger partial charge < -0.3 is 10.4 Å². The van der Waals surface area contributed by atoms with E-state index < -0.39 is 5.97 Å². The topological polar surface area (TPSA) is 73.1 Å². The maximum atomic E-state index is 11.2. The first-order chi connectivity index (χ1) is 9.60. The molecule has 4 nitrogen and oxygen atoms in total. The van der Waals surface area contributed by atoms with Crippen molar-refractivity contribution >= 4 is 17.3 Å². The van der Waals surface area contributed by atoms with Crippen LogP contribution in [0.4, 0.5) is 11.4 Å². The maximum Gasteiger partial charge on any atom is 0.337 e. The first kappa shape index (κ1) is 13.6. The van der Waals surface area contributed by atoms with Crippen LogP contribution < -0.4 is 5.32 Å². The highest BCUT2D eigenvalue weighted by Gasteiger charge is 2.10. The van der Waals surface area contributed by atoms with Gasteiger partial charge in [-0.3, -0.25) is 0 Å². The van der Waals surface area contributed by atoms with Gasteiger partial charge in [0.25, 0.3) is 0 Å². The number of carboxylic acid groups (broad SMARTS) is 1. The molecule has 2 N–H and O–H groups in total. The monoisotopic (exact) mass is 266 g/mol. The number of hydrogen-bond donors (Lipinski definition) is 2. The van der Waals surface area contributed by atoms with Gasteiger partial charge in [0.15, 0.2) is 0 Å². The fraction of sp³-hybridized carbons (Fsp3) is 0.125. The van der Waals surface area contributed by atoms with Gasteiger partial charge in [0.05, 0.1) is 23.7 Å². The first-order valence-corrected chi connectivity index (χ1v) is 6.17. The average molecular weight is 266 g/mol. The minimum Gasteiger partial charge on any atom is -0.478 e. The van der Waals surface area contributed by atoms with Gasteiger partial charge in [-0.1, -0.05) is 23.8 Å². The Morgan fingerprint density at radius 1 is 1.25 bits per heavy atom. The summed E-state index contributed by atoms with van der Waals surface area (Å²) in [5.74, 6) is -0.961. The number of carboxylic acids is 1. The van der Waals surface area contributed by atoms with Crippen molar-refractivity contribution in [2.24, 2.45) is 0 Å². The quantitative estimate of drug-likeness (QED) is 0.888. The van der Waals surface area contributed by atoms with Crippen molar-refractivity contribution in [2.75, 3.05) is 5.32 Å². The molecule has 0 saturated carbocycles. The fourth-order valence-electron chi connectivity index (χ4n) is 1.90. The standard InChI is InChI=1S/C16H14N2O2/c1-11-2-7-15(14(10-11)16(19)20)18-13-5-3-12(4-6-13)8-9-17/h2-7,10,18H,8H2,1H3,(H,19,20). The van der Waals surface area contributed by atoms with E-state index in [0.29, 0.717) is 12.1 Å². The lowest BCUT2D eigenvalue weighted by molar-refractivity contribution is 0.0698. The fourth-order valence-corrected chi connectivity index (χ4v) is 1.90. The molecule has 0 fully saturated rings. The van der Waals surface area contributed by atoms with E-state index in [4.69, 9.17) is 5.26 Å². The number of nitrogens with zero attached hydrogens (tertiary/aromatic N) is 1. The molecule has 0 aliphatic heterocycles. The lowest BCUT2D eigenvalue weighted by Gasteiger charge is -2.10. The SMILES string of the molecule is Cc1ccc(Nc2ccc(CC#N)cc2)c(C(=O)O)c1. The molecule has 0 unspecified atom stereocenters. The minimum atomic E-state index is -0.961. The predicted molar refractivity (Wildman–Crippen MR) is 77.2 cm³/mol. The zero-order valence-electron chi connectivity index (χ0n) is 11.1. The minimum absolute atomic E-state index is 0.242. The number of nitrogens with one attached hydrogen (secondary N) is 1. The predicted octanol–water partition coefficient (Wildman–Crippen LogP) is 3.50. The number of benzene rings is 2. The highest BCUT2D eigenvalue weighted by atomic mass is 16.4. The summed E-state index contributed by atoms with van der Waals surface area (Å²) in [5, 5.41) is 20.9. The molecule has 0 aliphatic carbocycles. The Balaban J connectivity index is 2.26. The van der Waals surface area contributed by atoms with E-state index in [1.165, 1.54) is 0 Å². The molecule has 0 amide bonds. The van der Waals surface area contributed by atoms with Crippen LogP contribution in [0.3, 0.4) is 0 Å². The smallest absolute Gasteiger partial charge is 0.337 e. The van der Waals surface area contributed by atoms with Crippen molar-refractivity contribution in [2.45, 2.75) is 13.3 Å². The van der Waals surface area contributed by atoms with Crippen molar-refractivity contribution in [1.82, 2.24) is 0 Å². The number of aromatic carboxylic acids is 1. The highest BCUT2D eigenvalue weighted by Crippen LogP contribution is 2.22. The lowest BCUT2D eigenvalue weighted by Crippen LogP contribution is -2.03. The Kier molecular flexibility index (Phi) is 4.02. The highest BCUT2D eigenvalue weighted by molar-refractivity contribution is 5.95. The van der Waals surface area contributed by atoms with E-state index in [1.54, 1.807) is 12.1 Å². The van der Waals surface area contributed by atoms with Crippen molar-refractivity contribution in [1.29, 1.82) is 5.26 Å². The molecule has 0 aromatic heterocycles. The molecule has 0 heterocycles. The third kappa shape index (κ3) is 3.15. The molecular weight excluding hydrogens is 252 g/mol. The van der Waals surface area contributed by atoms with Gasteiger partial charge in [-0.05, 0) is 36.8 Å². The second kappa shape index (κ2) is 5.89. The van der Waals surface area contributed by atoms with Crippen LogP contribution in [-0.2, 0) is 6.42 Å². The molecule has 0 saturated heterocycles. The number of anilines is 2. The molecule has 0 atom stereocenters. The molecule has 0 aliphatic rings. The van der Waals surface area contributed by atoms with Crippen molar-refractivity contribution < 1.29 is 9.90 Å². The van der Waals surface area contributed by atoms with Crippen LogP contribution in [0.15, 0.2) is 42.5 Å². The Labute approximate surface area is 117 Å². The maximum absolute atomic E-state index is 11.2. The van der Waals surface area contributed by atoms with E-state index in [-0.39, 0.29) is 5.56 Å². The second-order valence-electron chi connectivity index (χ2n) is 4.51. The van der Waals surface area contributed by atoms with Gasteiger partial charge in [0.2, 0.25) is 0 Å². The van der Waals surface area contributed by atoms with Crippen LogP contribution in [0.2, 0.25) is 0 Å². The summed E-state index contributed by atoms with van der Waals surface area (Å²) in [6.07, 6.45) is 0.366. The molecular formula is C16H14N2O2. The molecule has 100 valence electrons. The molecule has 2 aromatic carbocycles. The van der Waals surface area contributed by atoms with Crippen LogP contribution in [0.25, 0.3) is 0 Å². The normalized spacial score (nSPS) is 9.80. The van der Waals surface area contributed by atoms with Crippen LogP contribution in [0.5, 0.6) is 0 Å².